The van der Waals surface area contributed by atoms with E-state index in [2.05, 4.69) is 18.3 Å². The molecule has 0 saturated carbocycles. The largest absolute Gasteiger partial charge is 0.454 e. The molecule has 0 spiro atoms. The Bertz CT molecular complexity index is 368. The molecule has 0 fully saturated rings. The number of unbranched alkanes of at least 4 members (excludes halogenated alkanes) is 1. The zero-order valence-corrected chi connectivity index (χ0v) is 10.2. The summed E-state index contributed by atoms with van der Waals surface area (Å²) in [7, 11) is 0. The van der Waals surface area contributed by atoms with Crippen molar-refractivity contribution in [3.8, 4) is 11.5 Å². The first-order valence-electron chi connectivity index (χ1n) is 6.14. The number of fused-ring (bicyclic) bond motifs is 1. The summed E-state index contributed by atoms with van der Waals surface area (Å²) in [6, 6.07) is 6.41. The van der Waals surface area contributed by atoms with Crippen molar-refractivity contribution in [3.05, 3.63) is 23.8 Å². The van der Waals surface area contributed by atoms with Gasteiger partial charge in [0.2, 0.25) is 6.79 Å². The molecular weight excluding hydrogens is 216 g/mol. The van der Waals surface area contributed by atoms with Gasteiger partial charge in [-0.3, -0.25) is 0 Å². The fraction of sp³-hybridized carbons (Fsp3) is 0.538. The molecule has 3 N–H and O–H groups in total. The van der Waals surface area contributed by atoms with Gasteiger partial charge in [-0.15, -0.1) is 0 Å². The topological polar surface area (TPSA) is 56.5 Å². The van der Waals surface area contributed by atoms with Crippen LogP contribution < -0.4 is 20.5 Å². The van der Waals surface area contributed by atoms with E-state index in [1.807, 2.05) is 12.1 Å². The van der Waals surface area contributed by atoms with Gasteiger partial charge in [0.1, 0.15) is 0 Å². The lowest BCUT2D eigenvalue weighted by atomic mass is 10.1. The molecule has 4 nitrogen and oxygen atoms in total. The van der Waals surface area contributed by atoms with Crippen LogP contribution in [0.2, 0.25) is 0 Å². The van der Waals surface area contributed by atoms with Crippen LogP contribution in [0.25, 0.3) is 0 Å². The van der Waals surface area contributed by atoms with Crippen LogP contribution in [0.3, 0.4) is 0 Å². The third-order valence-electron chi connectivity index (χ3n) is 2.98. The van der Waals surface area contributed by atoms with Gasteiger partial charge in [0.05, 0.1) is 0 Å². The van der Waals surface area contributed by atoms with E-state index < -0.39 is 0 Å². The van der Waals surface area contributed by atoms with Gasteiger partial charge in [-0.2, -0.15) is 0 Å². The SMILES string of the molecule is CC(NCCCCN)c1ccc2c(c1)OCO2. The molecule has 1 heterocycles. The summed E-state index contributed by atoms with van der Waals surface area (Å²) in [5, 5.41) is 3.47. The molecule has 0 amide bonds. The maximum Gasteiger partial charge on any atom is 0.231 e. The quantitative estimate of drug-likeness (QED) is 0.740. The lowest BCUT2D eigenvalue weighted by Crippen LogP contribution is -2.20. The fourth-order valence-corrected chi connectivity index (χ4v) is 1.89. The zero-order valence-electron chi connectivity index (χ0n) is 10.2. The van der Waals surface area contributed by atoms with Crippen molar-refractivity contribution in [2.24, 2.45) is 5.73 Å². The van der Waals surface area contributed by atoms with E-state index in [-0.39, 0.29) is 0 Å². The molecule has 1 aromatic rings. The Hall–Kier alpha value is -1.26. The van der Waals surface area contributed by atoms with Crippen LogP contribution in [0.15, 0.2) is 18.2 Å². The molecule has 1 aromatic carbocycles. The standard InChI is InChI=1S/C13H20N2O2/c1-10(15-7-3-2-6-14)11-4-5-12-13(8-11)17-9-16-12/h4-5,8,10,15H,2-3,6-7,9,14H2,1H3. The predicted octanol–water partition coefficient (Wildman–Crippen LogP) is 1.80. The van der Waals surface area contributed by atoms with Gasteiger partial charge < -0.3 is 20.5 Å². The Kier molecular flexibility index (Phi) is 4.23. The summed E-state index contributed by atoms with van der Waals surface area (Å²) >= 11 is 0. The van der Waals surface area contributed by atoms with Gasteiger partial charge in [0, 0.05) is 6.04 Å². The molecular formula is C13H20N2O2. The summed E-state index contributed by atoms with van der Waals surface area (Å²) in [4.78, 5) is 0. The monoisotopic (exact) mass is 236 g/mol. The van der Waals surface area contributed by atoms with Crippen LogP contribution in [0.1, 0.15) is 31.4 Å². The van der Waals surface area contributed by atoms with Crippen molar-refractivity contribution < 1.29 is 9.47 Å². The number of nitrogens with two attached hydrogens (primary N) is 1. The molecule has 0 aromatic heterocycles. The zero-order chi connectivity index (χ0) is 12.1. The number of ether oxygens (including phenoxy) is 2. The molecule has 4 heteroatoms. The first-order chi connectivity index (χ1) is 8.31. The summed E-state index contributed by atoms with van der Waals surface area (Å²) in [5.41, 5.74) is 6.68. The summed E-state index contributed by atoms with van der Waals surface area (Å²) in [6.45, 7) is 4.24. The molecule has 1 aliphatic heterocycles. The van der Waals surface area contributed by atoms with Crippen molar-refractivity contribution in [3.63, 3.8) is 0 Å². The molecule has 94 valence electrons. The molecule has 1 unspecified atom stereocenters. The second kappa shape index (κ2) is 5.89. The minimum atomic E-state index is 0.322. The van der Waals surface area contributed by atoms with E-state index in [9.17, 15) is 0 Å². The lowest BCUT2D eigenvalue weighted by Gasteiger charge is -2.14. The Labute approximate surface area is 102 Å². The highest BCUT2D eigenvalue weighted by Crippen LogP contribution is 2.34. The second-order valence-corrected chi connectivity index (χ2v) is 4.28. The van der Waals surface area contributed by atoms with E-state index in [0.717, 1.165) is 37.4 Å². The number of hydrogen-bond donors (Lipinski definition) is 2. The Morgan fingerprint density at radius 3 is 2.94 bits per heavy atom. The maximum atomic E-state index is 5.46. The molecule has 1 aliphatic rings. The number of hydrogen-bond acceptors (Lipinski definition) is 4. The van der Waals surface area contributed by atoms with Crippen LogP contribution in [0.5, 0.6) is 11.5 Å². The first-order valence-corrected chi connectivity index (χ1v) is 6.14. The van der Waals surface area contributed by atoms with Crippen LogP contribution in [-0.2, 0) is 0 Å². The van der Waals surface area contributed by atoms with E-state index in [0.29, 0.717) is 12.8 Å². The van der Waals surface area contributed by atoms with Crippen molar-refractivity contribution in [1.29, 1.82) is 0 Å². The van der Waals surface area contributed by atoms with Gasteiger partial charge >= 0.3 is 0 Å². The van der Waals surface area contributed by atoms with Gasteiger partial charge in [0.25, 0.3) is 0 Å². The van der Waals surface area contributed by atoms with Crippen molar-refractivity contribution in [2.45, 2.75) is 25.8 Å². The highest BCUT2D eigenvalue weighted by Gasteiger charge is 2.15. The van der Waals surface area contributed by atoms with E-state index in [1.165, 1.54) is 5.56 Å². The minimum absolute atomic E-state index is 0.322. The fourth-order valence-electron chi connectivity index (χ4n) is 1.89. The number of nitrogens with one attached hydrogen (secondary N) is 1. The molecule has 0 saturated heterocycles. The first kappa shape index (κ1) is 12.2. The van der Waals surface area contributed by atoms with Crippen molar-refractivity contribution in [2.75, 3.05) is 19.9 Å². The molecule has 17 heavy (non-hydrogen) atoms. The Balaban J connectivity index is 1.88. The summed E-state index contributed by atoms with van der Waals surface area (Å²) in [6.07, 6.45) is 2.19. The molecule has 0 radical (unpaired) electrons. The highest BCUT2D eigenvalue weighted by molar-refractivity contribution is 5.45. The second-order valence-electron chi connectivity index (χ2n) is 4.28. The molecule has 1 atom stereocenters. The average Bonchev–Trinajstić information content (AvgIpc) is 2.81. The van der Waals surface area contributed by atoms with E-state index >= 15 is 0 Å². The normalized spacial score (nSPS) is 14.9. The molecule has 0 bridgehead atoms. The van der Waals surface area contributed by atoms with E-state index in [1.54, 1.807) is 0 Å². The third kappa shape index (κ3) is 3.11. The highest BCUT2D eigenvalue weighted by atomic mass is 16.7. The van der Waals surface area contributed by atoms with Crippen LogP contribution >= 0.6 is 0 Å². The van der Waals surface area contributed by atoms with Crippen molar-refractivity contribution in [1.82, 2.24) is 5.32 Å². The third-order valence-corrected chi connectivity index (χ3v) is 2.98. The lowest BCUT2D eigenvalue weighted by molar-refractivity contribution is 0.174. The molecule has 2 rings (SSSR count). The minimum Gasteiger partial charge on any atom is -0.454 e. The van der Waals surface area contributed by atoms with Gasteiger partial charge in [0.15, 0.2) is 11.5 Å². The van der Waals surface area contributed by atoms with Crippen LogP contribution in [-0.4, -0.2) is 19.9 Å². The van der Waals surface area contributed by atoms with Crippen LogP contribution in [0, 0.1) is 0 Å². The Morgan fingerprint density at radius 2 is 2.12 bits per heavy atom. The van der Waals surface area contributed by atoms with Crippen molar-refractivity contribution >= 4 is 0 Å². The summed E-state index contributed by atoms with van der Waals surface area (Å²) < 4.78 is 10.7. The van der Waals surface area contributed by atoms with E-state index in [4.69, 9.17) is 15.2 Å². The predicted molar refractivity (Wildman–Crippen MR) is 67.3 cm³/mol. The Morgan fingerprint density at radius 1 is 1.29 bits per heavy atom. The van der Waals surface area contributed by atoms with Crippen LogP contribution in [0.4, 0.5) is 0 Å². The number of rotatable bonds is 6. The molecule has 0 aliphatic carbocycles. The van der Waals surface area contributed by atoms with Gasteiger partial charge in [-0.05, 0) is 50.6 Å². The van der Waals surface area contributed by atoms with Gasteiger partial charge in [-0.1, -0.05) is 6.07 Å². The number of benzene rings is 1. The summed E-state index contributed by atoms with van der Waals surface area (Å²) in [5.74, 6) is 1.68. The van der Waals surface area contributed by atoms with Gasteiger partial charge in [-0.25, -0.2) is 0 Å². The average molecular weight is 236 g/mol. The smallest absolute Gasteiger partial charge is 0.231 e. The maximum absolute atomic E-state index is 5.46.